The molecule has 19 heavy (non-hydrogen) atoms. The van der Waals surface area contributed by atoms with E-state index in [0.717, 1.165) is 0 Å². The molecule has 0 bridgehead atoms. The Bertz CT molecular complexity index is 564. The van der Waals surface area contributed by atoms with Crippen molar-refractivity contribution < 1.29 is 18.0 Å². The van der Waals surface area contributed by atoms with Crippen LogP contribution in [0.15, 0.2) is 29.2 Å². The number of amides is 1. The fourth-order valence-electron chi connectivity index (χ4n) is 1.56. The summed E-state index contributed by atoms with van der Waals surface area (Å²) in [4.78, 5) is 22.0. The number of nitrogens with one attached hydrogen (secondary N) is 1. The monoisotopic (exact) mass is 283 g/mol. The van der Waals surface area contributed by atoms with Gasteiger partial charge in [0.05, 0.1) is 4.90 Å². The zero-order chi connectivity index (χ0) is 14.5. The Morgan fingerprint density at radius 3 is 2.53 bits per heavy atom. The standard InChI is InChI=1S/C13H17NO4S/c1-10(2)13(16)14-8-7-11-5-3-4-6-12(11)19(17,18)9-15/h3-6,9-10H,7-8H2,1-2H3,(H,14,16). The van der Waals surface area contributed by atoms with E-state index < -0.39 is 9.84 Å². The second kappa shape index (κ2) is 6.47. The molecule has 1 N–H and O–H groups in total. The second-order valence-corrected chi connectivity index (χ2v) is 6.17. The van der Waals surface area contributed by atoms with E-state index in [1.165, 1.54) is 6.07 Å². The Morgan fingerprint density at radius 1 is 1.32 bits per heavy atom. The van der Waals surface area contributed by atoms with Crippen molar-refractivity contribution in [3.05, 3.63) is 29.8 Å². The number of hydrogen-bond donors (Lipinski definition) is 1. The minimum atomic E-state index is -3.89. The van der Waals surface area contributed by atoms with Crippen molar-refractivity contribution in [2.75, 3.05) is 6.54 Å². The van der Waals surface area contributed by atoms with E-state index in [0.29, 0.717) is 18.5 Å². The summed E-state index contributed by atoms with van der Waals surface area (Å²) in [5.74, 6) is -0.204. The molecule has 0 spiro atoms. The number of benzene rings is 1. The lowest BCUT2D eigenvalue weighted by molar-refractivity contribution is -0.123. The van der Waals surface area contributed by atoms with Crippen LogP contribution in [0.4, 0.5) is 0 Å². The molecule has 0 atom stereocenters. The second-order valence-electron chi connectivity index (χ2n) is 4.44. The van der Waals surface area contributed by atoms with Crippen molar-refractivity contribution in [3.8, 4) is 0 Å². The highest BCUT2D eigenvalue weighted by molar-refractivity contribution is 8.04. The van der Waals surface area contributed by atoms with Crippen LogP contribution in [0.25, 0.3) is 0 Å². The van der Waals surface area contributed by atoms with Gasteiger partial charge in [-0.3, -0.25) is 9.59 Å². The van der Waals surface area contributed by atoms with Crippen LogP contribution in [0.5, 0.6) is 0 Å². The summed E-state index contributed by atoms with van der Waals surface area (Å²) in [6.45, 7) is 3.89. The van der Waals surface area contributed by atoms with Gasteiger partial charge in [0.1, 0.15) is 0 Å². The maximum absolute atomic E-state index is 11.6. The Balaban J connectivity index is 2.80. The molecule has 0 aliphatic carbocycles. The molecule has 104 valence electrons. The first-order valence-electron chi connectivity index (χ1n) is 5.94. The molecule has 0 aliphatic heterocycles. The predicted octanol–water partition coefficient (Wildman–Crippen LogP) is 0.965. The summed E-state index contributed by atoms with van der Waals surface area (Å²) in [7, 11) is -3.89. The Labute approximate surface area is 112 Å². The molecular weight excluding hydrogens is 266 g/mol. The molecule has 1 rings (SSSR count). The molecule has 1 aromatic rings. The molecule has 0 radical (unpaired) electrons. The minimum Gasteiger partial charge on any atom is -0.356 e. The zero-order valence-corrected chi connectivity index (χ0v) is 11.7. The van der Waals surface area contributed by atoms with E-state index in [9.17, 15) is 18.0 Å². The van der Waals surface area contributed by atoms with Crippen molar-refractivity contribution in [3.63, 3.8) is 0 Å². The average molecular weight is 283 g/mol. The van der Waals surface area contributed by atoms with E-state index in [1.807, 2.05) is 0 Å². The number of hydrogen-bond acceptors (Lipinski definition) is 4. The normalized spacial score (nSPS) is 11.3. The number of carbonyl (C=O) groups is 2. The smallest absolute Gasteiger partial charge is 0.238 e. The van der Waals surface area contributed by atoms with Crippen LogP contribution in [0.3, 0.4) is 0 Å². The van der Waals surface area contributed by atoms with Crippen LogP contribution >= 0.6 is 0 Å². The van der Waals surface area contributed by atoms with Crippen LogP contribution in [0, 0.1) is 5.92 Å². The lowest BCUT2D eigenvalue weighted by Gasteiger charge is -2.09. The van der Waals surface area contributed by atoms with Crippen LogP contribution in [-0.2, 0) is 25.8 Å². The molecule has 6 heteroatoms. The van der Waals surface area contributed by atoms with Gasteiger partial charge in [0.2, 0.25) is 21.4 Å². The molecule has 0 aliphatic rings. The molecule has 0 aromatic heterocycles. The molecule has 0 unspecified atom stereocenters. The highest BCUT2D eigenvalue weighted by Crippen LogP contribution is 2.15. The van der Waals surface area contributed by atoms with Gasteiger partial charge in [-0.1, -0.05) is 32.0 Å². The van der Waals surface area contributed by atoms with Crippen LogP contribution < -0.4 is 5.32 Å². The van der Waals surface area contributed by atoms with E-state index in [2.05, 4.69) is 5.32 Å². The van der Waals surface area contributed by atoms with E-state index in [4.69, 9.17) is 0 Å². The van der Waals surface area contributed by atoms with Crippen LogP contribution in [0.2, 0.25) is 0 Å². The summed E-state index contributed by atoms with van der Waals surface area (Å²) in [5, 5.41) is 2.71. The van der Waals surface area contributed by atoms with Gasteiger partial charge >= 0.3 is 0 Å². The van der Waals surface area contributed by atoms with Gasteiger partial charge in [0, 0.05) is 12.5 Å². The number of carbonyl (C=O) groups excluding carboxylic acids is 2. The van der Waals surface area contributed by atoms with Gasteiger partial charge in [0.15, 0.2) is 0 Å². The molecular formula is C13H17NO4S. The third-order valence-electron chi connectivity index (χ3n) is 2.62. The predicted molar refractivity (Wildman–Crippen MR) is 71.9 cm³/mol. The van der Waals surface area contributed by atoms with Crippen molar-refractivity contribution in [1.82, 2.24) is 5.32 Å². The minimum absolute atomic E-state index is 0.00351. The van der Waals surface area contributed by atoms with Crippen LogP contribution in [-0.4, -0.2) is 26.5 Å². The summed E-state index contributed by atoms with van der Waals surface area (Å²) >= 11 is 0. The molecule has 1 aromatic carbocycles. The first-order chi connectivity index (χ1) is 8.88. The van der Waals surface area contributed by atoms with E-state index in [-0.39, 0.29) is 22.3 Å². The lowest BCUT2D eigenvalue weighted by atomic mass is 10.1. The highest BCUT2D eigenvalue weighted by Gasteiger charge is 2.17. The maximum atomic E-state index is 11.6. The maximum Gasteiger partial charge on any atom is 0.238 e. The van der Waals surface area contributed by atoms with E-state index >= 15 is 0 Å². The van der Waals surface area contributed by atoms with Gasteiger partial charge in [-0.2, -0.15) is 0 Å². The summed E-state index contributed by atoms with van der Waals surface area (Å²) in [5.41, 5.74) is 0.470. The Hall–Kier alpha value is -1.69. The number of sulfone groups is 1. The SMILES string of the molecule is CC(C)C(=O)NCCc1ccccc1S(=O)(=O)C=O. The van der Waals surface area contributed by atoms with Gasteiger partial charge in [-0.25, -0.2) is 8.42 Å². The Morgan fingerprint density at radius 2 is 1.95 bits per heavy atom. The van der Waals surface area contributed by atoms with Crippen molar-refractivity contribution in [1.29, 1.82) is 0 Å². The quantitative estimate of drug-likeness (QED) is 0.789. The topological polar surface area (TPSA) is 80.3 Å². The lowest BCUT2D eigenvalue weighted by Crippen LogP contribution is -2.29. The van der Waals surface area contributed by atoms with Crippen LogP contribution in [0.1, 0.15) is 19.4 Å². The van der Waals surface area contributed by atoms with Crippen molar-refractivity contribution in [2.24, 2.45) is 5.92 Å². The number of rotatable bonds is 6. The molecule has 0 saturated heterocycles. The van der Waals surface area contributed by atoms with Gasteiger partial charge < -0.3 is 5.32 Å². The highest BCUT2D eigenvalue weighted by atomic mass is 32.2. The zero-order valence-electron chi connectivity index (χ0n) is 10.9. The third-order valence-corrected chi connectivity index (χ3v) is 3.89. The molecule has 0 fully saturated rings. The molecule has 0 saturated carbocycles. The third kappa shape index (κ3) is 4.17. The van der Waals surface area contributed by atoms with Gasteiger partial charge in [0.25, 0.3) is 0 Å². The first-order valence-corrected chi connectivity index (χ1v) is 7.49. The Kier molecular flexibility index (Phi) is 5.23. The first kappa shape index (κ1) is 15.4. The summed E-state index contributed by atoms with van der Waals surface area (Å²) < 4.78 is 23.1. The largest absolute Gasteiger partial charge is 0.356 e. The molecule has 1 amide bonds. The fourth-order valence-corrected chi connectivity index (χ4v) is 2.47. The van der Waals surface area contributed by atoms with Crippen molar-refractivity contribution >= 4 is 21.4 Å². The summed E-state index contributed by atoms with van der Waals surface area (Å²) in [6.07, 6.45) is 0.363. The molecule has 0 heterocycles. The van der Waals surface area contributed by atoms with Gasteiger partial charge in [-0.15, -0.1) is 0 Å². The van der Waals surface area contributed by atoms with E-state index in [1.54, 1.807) is 32.0 Å². The molecule has 5 nitrogen and oxygen atoms in total. The van der Waals surface area contributed by atoms with Gasteiger partial charge in [-0.05, 0) is 18.1 Å². The van der Waals surface area contributed by atoms with Crippen molar-refractivity contribution in [2.45, 2.75) is 25.2 Å². The summed E-state index contributed by atoms with van der Waals surface area (Å²) in [6, 6.07) is 6.29. The average Bonchev–Trinajstić information content (AvgIpc) is 2.39. The fraction of sp³-hybridized carbons (Fsp3) is 0.385.